The minimum absolute atomic E-state index is 0.107. The quantitative estimate of drug-likeness (QED) is 0.500. The molecule has 148 valence electrons. The molecule has 0 spiro atoms. The zero-order chi connectivity index (χ0) is 20.6. The van der Waals surface area contributed by atoms with E-state index in [1.165, 1.54) is 11.3 Å². The van der Waals surface area contributed by atoms with E-state index in [2.05, 4.69) is 15.5 Å². The maximum Gasteiger partial charge on any atom is 0.326 e. The summed E-state index contributed by atoms with van der Waals surface area (Å²) in [5.74, 6) is 0.240. The lowest BCUT2D eigenvalue weighted by Crippen LogP contribution is -2.45. The molecule has 0 atom stereocenters. The first kappa shape index (κ1) is 18.3. The van der Waals surface area contributed by atoms with Crippen LogP contribution >= 0.6 is 11.3 Å². The molecule has 30 heavy (non-hydrogen) atoms. The molecule has 8 heteroatoms. The van der Waals surface area contributed by atoms with Crippen molar-refractivity contribution in [3.8, 4) is 10.7 Å². The molecule has 0 saturated carbocycles. The van der Waals surface area contributed by atoms with Crippen LogP contribution in [0.5, 0.6) is 0 Å². The summed E-state index contributed by atoms with van der Waals surface area (Å²) < 4.78 is 5.30. The van der Waals surface area contributed by atoms with E-state index in [0.717, 1.165) is 9.78 Å². The highest BCUT2D eigenvalue weighted by atomic mass is 32.1. The van der Waals surface area contributed by atoms with Gasteiger partial charge in [0.15, 0.2) is 5.54 Å². The van der Waals surface area contributed by atoms with Gasteiger partial charge in [-0.2, -0.15) is 4.98 Å². The van der Waals surface area contributed by atoms with Crippen LogP contribution in [-0.4, -0.2) is 27.0 Å². The third kappa shape index (κ3) is 2.89. The molecule has 0 unspecified atom stereocenters. The van der Waals surface area contributed by atoms with Crippen LogP contribution in [0.4, 0.5) is 4.79 Å². The van der Waals surface area contributed by atoms with E-state index >= 15 is 0 Å². The number of thiophene rings is 1. The summed E-state index contributed by atoms with van der Waals surface area (Å²) in [5.41, 5.74) is 0.0552. The van der Waals surface area contributed by atoms with Crippen LogP contribution in [0.2, 0.25) is 0 Å². The molecule has 0 aliphatic carbocycles. The lowest BCUT2D eigenvalue weighted by Gasteiger charge is -2.27. The first-order chi connectivity index (χ1) is 14.7. The average Bonchev–Trinajstić information content (AvgIpc) is 3.52. The molecule has 1 fully saturated rings. The molecule has 1 aliphatic heterocycles. The topological polar surface area (TPSA) is 88.3 Å². The monoisotopic (exact) mass is 416 g/mol. The van der Waals surface area contributed by atoms with Gasteiger partial charge in [0.25, 0.3) is 5.91 Å². The van der Waals surface area contributed by atoms with E-state index in [0.29, 0.717) is 17.0 Å². The van der Waals surface area contributed by atoms with Crippen LogP contribution in [0.1, 0.15) is 17.0 Å². The van der Waals surface area contributed by atoms with Gasteiger partial charge in [0.1, 0.15) is 6.54 Å². The molecular formula is C22H16N4O3S. The van der Waals surface area contributed by atoms with Gasteiger partial charge in [-0.25, -0.2) is 4.79 Å². The second kappa shape index (κ2) is 7.23. The third-order valence-electron chi connectivity index (χ3n) is 5.02. The van der Waals surface area contributed by atoms with Crippen molar-refractivity contribution in [3.63, 3.8) is 0 Å². The van der Waals surface area contributed by atoms with Crippen LogP contribution in [0.25, 0.3) is 10.7 Å². The minimum Gasteiger partial charge on any atom is -0.337 e. The SMILES string of the molecule is O=C1NC(c2ccccc2)(c2ccccc2)C(=O)N1Cc1nc(-c2cccs2)no1. The number of carbonyl (C=O) groups is 2. The molecule has 1 saturated heterocycles. The van der Waals surface area contributed by atoms with E-state index in [-0.39, 0.29) is 18.3 Å². The summed E-state index contributed by atoms with van der Waals surface area (Å²) in [6.07, 6.45) is 0. The fourth-order valence-corrected chi connectivity index (χ4v) is 4.26. The zero-order valence-electron chi connectivity index (χ0n) is 15.7. The number of rotatable bonds is 5. The second-order valence-electron chi connectivity index (χ2n) is 6.79. The number of urea groups is 1. The van der Waals surface area contributed by atoms with Gasteiger partial charge >= 0.3 is 6.03 Å². The highest BCUT2D eigenvalue weighted by Crippen LogP contribution is 2.36. The van der Waals surface area contributed by atoms with Crippen molar-refractivity contribution in [2.24, 2.45) is 0 Å². The van der Waals surface area contributed by atoms with Crippen LogP contribution < -0.4 is 5.32 Å². The van der Waals surface area contributed by atoms with Crippen molar-refractivity contribution >= 4 is 23.3 Å². The van der Waals surface area contributed by atoms with Crippen LogP contribution in [0, 0.1) is 0 Å². The molecule has 1 N–H and O–H groups in total. The predicted octanol–water partition coefficient (Wildman–Crippen LogP) is 3.79. The summed E-state index contributed by atoms with van der Waals surface area (Å²) >= 11 is 1.48. The van der Waals surface area contributed by atoms with Gasteiger partial charge < -0.3 is 9.84 Å². The standard InChI is InChI=1S/C22H16N4O3S/c27-20-22(15-8-3-1-4-9-15,16-10-5-2-6-11-16)24-21(28)26(20)14-18-23-19(25-29-18)17-12-7-13-30-17/h1-13H,14H2,(H,24,28). The van der Waals surface area contributed by atoms with Gasteiger partial charge in [-0.15, -0.1) is 11.3 Å². The van der Waals surface area contributed by atoms with E-state index in [9.17, 15) is 9.59 Å². The fraction of sp³-hybridized carbons (Fsp3) is 0.0909. The Hall–Kier alpha value is -3.78. The Morgan fingerprint density at radius 1 is 0.933 bits per heavy atom. The van der Waals surface area contributed by atoms with Crippen molar-refractivity contribution in [2.75, 3.05) is 0 Å². The lowest BCUT2D eigenvalue weighted by atomic mass is 9.82. The normalized spacial score (nSPS) is 15.4. The second-order valence-corrected chi connectivity index (χ2v) is 7.74. The minimum atomic E-state index is -1.31. The maximum absolute atomic E-state index is 13.6. The highest BCUT2D eigenvalue weighted by Gasteiger charge is 2.54. The van der Waals surface area contributed by atoms with E-state index < -0.39 is 11.6 Å². The Labute approximate surface area is 176 Å². The van der Waals surface area contributed by atoms with Crippen LogP contribution in [-0.2, 0) is 16.9 Å². The first-order valence-corrected chi connectivity index (χ1v) is 10.2. The van der Waals surface area contributed by atoms with Crippen molar-refractivity contribution < 1.29 is 14.1 Å². The Morgan fingerprint density at radius 2 is 1.60 bits per heavy atom. The van der Waals surface area contributed by atoms with E-state index in [4.69, 9.17) is 4.52 Å². The number of imide groups is 1. The summed E-state index contributed by atoms with van der Waals surface area (Å²) in [6, 6.07) is 21.7. The Balaban J connectivity index is 1.51. The Bertz CT molecular complexity index is 1150. The van der Waals surface area contributed by atoms with Crippen molar-refractivity contribution in [1.82, 2.24) is 20.4 Å². The molecule has 4 aromatic rings. The lowest BCUT2D eigenvalue weighted by molar-refractivity contribution is -0.130. The van der Waals surface area contributed by atoms with Crippen molar-refractivity contribution in [1.29, 1.82) is 0 Å². The van der Waals surface area contributed by atoms with Gasteiger partial charge in [0.2, 0.25) is 11.7 Å². The summed E-state index contributed by atoms with van der Waals surface area (Å²) in [4.78, 5) is 32.8. The van der Waals surface area contributed by atoms with Gasteiger partial charge in [0, 0.05) is 0 Å². The third-order valence-corrected chi connectivity index (χ3v) is 5.89. The van der Waals surface area contributed by atoms with Crippen molar-refractivity contribution in [3.05, 3.63) is 95.2 Å². The predicted molar refractivity (Wildman–Crippen MR) is 110 cm³/mol. The molecule has 2 aromatic carbocycles. The molecule has 0 radical (unpaired) electrons. The van der Waals surface area contributed by atoms with E-state index in [1.807, 2.05) is 78.2 Å². The number of nitrogens with zero attached hydrogens (tertiary/aromatic N) is 3. The number of benzene rings is 2. The smallest absolute Gasteiger partial charge is 0.326 e. The first-order valence-electron chi connectivity index (χ1n) is 9.30. The van der Waals surface area contributed by atoms with Gasteiger partial charge in [-0.3, -0.25) is 9.69 Å². The molecule has 3 amide bonds. The van der Waals surface area contributed by atoms with Crippen LogP contribution in [0.3, 0.4) is 0 Å². The number of nitrogens with one attached hydrogen (secondary N) is 1. The molecule has 0 bridgehead atoms. The Kier molecular flexibility index (Phi) is 4.40. The highest BCUT2D eigenvalue weighted by molar-refractivity contribution is 7.13. The Morgan fingerprint density at radius 3 is 2.20 bits per heavy atom. The molecule has 7 nitrogen and oxygen atoms in total. The zero-order valence-corrected chi connectivity index (χ0v) is 16.5. The van der Waals surface area contributed by atoms with Crippen LogP contribution in [0.15, 0.2) is 82.7 Å². The number of hydrogen-bond donors (Lipinski definition) is 1. The molecule has 5 rings (SSSR count). The number of hydrogen-bond acceptors (Lipinski definition) is 6. The number of amides is 3. The van der Waals surface area contributed by atoms with E-state index in [1.54, 1.807) is 0 Å². The largest absolute Gasteiger partial charge is 0.337 e. The van der Waals surface area contributed by atoms with Gasteiger partial charge in [-0.1, -0.05) is 71.9 Å². The van der Waals surface area contributed by atoms with Gasteiger partial charge in [0.05, 0.1) is 4.88 Å². The summed E-state index contributed by atoms with van der Waals surface area (Å²) in [6.45, 7) is -0.107. The van der Waals surface area contributed by atoms with Crippen molar-refractivity contribution in [2.45, 2.75) is 12.1 Å². The maximum atomic E-state index is 13.6. The molecule has 2 aromatic heterocycles. The number of aromatic nitrogens is 2. The molecular weight excluding hydrogens is 400 g/mol. The number of carbonyl (C=O) groups excluding carboxylic acids is 2. The summed E-state index contributed by atoms with van der Waals surface area (Å²) in [7, 11) is 0. The molecule has 3 heterocycles. The van der Waals surface area contributed by atoms with Gasteiger partial charge in [-0.05, 0) is 22.6 Å². The molecule has 1 aliphatic rings. The fourth-order valence-electron chi connectivity index (χ4n) is 3.61. The average molecular weight is 416 g/mol. The summed E-state index contributed by atoms with van der Waals surface area (Å²) in [5, 5.41) is 8.78.